The van der Waals surface area contributed by atoms with Crippen LogP contribution >= 0.6 is 0 Å². The molecule has 0 spiro atoms. The maximum Gasteiger partial charge on any atom is 0.403 e. The number of alkyl halides is 6. The maximum atomic E-state index is 14.4. The third kappa shape index (κ3) is 3.15. The molecule has 2 aliphatic carbocycles. The van der Waals surface area contributed by atoms with Gasteiger partial charge in [-0.05, 0) is 50.4 Å². The lowest BCUT2D eigenvalue weighted by Gasteiger charge is -2.52. The van der Waals surface area contributed by atoms with Crippen LogP contribution in [0.25, 0.3) is 0 Å². The monoisotopic (exact) mass is 458 g/mol. The molecule has 2 saturated heterocycles. The summed E-state index contributed by atoms with van der Waals surface area (Å²) >= 11 is 0. The van der Waals surface area contributed by atoms with E-state index in [0.717, 1.165) is 0 Å². The Bertz CT molecular complexity index is 778. The van der Waals surface area contributed by atoms with Gasteiger partial charge in [-0.25, -0.2) is 0 Å². The van der Waals surface area contributed by atoms with Crippen LogP contribution in [-0.4, -0.2) is 41.7 Å². The third-order valence-electron chi connectivity index (χ3n) is 7.69. The number of carbonyl (C=O) groups excluding carboxylic acids is 3. The van der Waals surface area contributed by atoms with Gasteiger partial charge in [-0.2, -0.15) is 26.3 Å². The zero-order chi connectivity index (χ0) is 22.9. The van der Waals surface area contributed by atoms with Gasteiger partial charge in [0, 0.05) is 5.92 Å². The Hall–Kier alpha value is -1.85. The van der Waals surface area contributed by atoms with Gasteiger partial charge in [0.2, 0.25) is 6.29 Å². The fourth-order valence-electron chi connectivity index (χ4n) is 6.31. The van der Waals surface area contributed by atoms with Crippen LogP contribution in [0, 0.1) is 40.9 Å². The molecule has 2 aliphatic heterocycles. The highest BCUT2D eigenvalue weighted by Gasteiger charge is 2.78. The second-order valence-corrected chi connectivity index (χ2v) is 8.94. The van der Waals surface area contributed by atoms with Crippen molar-refractivity contribution in [2.75, 3.05) is 0 Å². The number of rotatable bonds is 2. The van der Waals surface area contributed by atoms with E-state index in [1.54, 1.807) is 0 Å². The number of aliphatic hydroxyl groups excluding tert-OH is 1. The minimum atomic E-state index is -5.71. The Morgan fingerprint density at radius 2 is 1.23 bits per heavy atom. The fraction of sp³-hybridized carbons (Fsp3) is 0.842. The lowest BCUT2D eigenvalue weighted by Crippen LogP contribution is -2.61. The summed E-state index contributed by atoms with van der Waals surface area (Å²) in [6.45, 7) is 0. The lowest BCUT2D eigenvalue weighted by molar-refractivity contribution is -0.383. The van der Waals surface area contributed by atoms with Crippen molar-refractivity contribution in [1.82, 2.24) is 0 Å². The van der Waals surface area contributed by atoms with Crippen LogP contribution in [0.5, 0.6) is 0 Å². The first-order valence-electron chi connectivity index (χ1n) is 10.1. The number of carbonyl (C=O) groups is 3. The number of esters is 3. The minimum absolute atomic E-state index is 0.227. The van der Waals surface area contributed by atoms with Crippen molar-refractivity contribution in [3.05, 3.63) is 0 Å². The molecule has 174 valence electrons. The molecule has 0 aromatic rings. The quantitative estimate of drug-likeness (QED) is 0.389. The summed E-state index contributed by atoms with van der Waals surface area (Å²) in [5.74, 6) is -11.5. The van der Waals surface area contributed by atoms with Gasteiger partial charge in [0.15, 0.2) is 5.41 Å². The van der Waals surface area contributed by atoms with Crippen molar-refractivity contribution in [2.24, 2.45) is 40.9 Å². The second-order valence-electron chi connectivity index (χ2n) is 8.94. The van der Waals surface area contributed by atoms with Crippen LogP contribution in [0.3, 0.4) is 0 Å². The highest BCUT2D eigenvalue weighted by atomic mass is 19.4. The molecule has 0 radical (unpaired) electrons. The molecule has 31 heavy (non-hydrogen) atoms. The summed E-state index contributed by atoms with van der Waals surface area (Å²) in [5, 5.41) is 9.74. The van der Waals surface area contributed by atoms with E-state index in [2.05, 4.69) is 9.47 Å². The van der Waals surface area contributed by atoms with Gasteiger partial charge in [-0.3, -0.25) is 14.4 Å². The van der Waals surface area contributed by atoms with E-state index < -0.39 is 103 Å². The van der Waals surface area contributed by atoms with Crippen LogP contribution in [0.15, 0.2) is 0 Å². The van der Waals surface area contributed by atoms with Gasteiger partial charge in [-0.15, -0.1) is 0 Å². The lowest BCUT2D eigenvalue weighted by atomic mass is 9.54. The summed E-state index contributed by atoms with van der Waals surface area (Å²) in [5.41, 5.74) is -4.16. The van der Waals surface area contributed by atoms with E-state index in [1.807, 2.05) is 0 Å². The maximum absolute atomic E-state index is 14.4. The van der Waals surface area contributed by atoms with Crippen LogP contribution in [0.4, 0.5) is 26.3 Å². The molecule has 0 aromatic heterocycles. The molecule has 0 bridgehead atoms. The van der Waals surface area contributed by atoms with Gasteiger partial charge in [-0.1, -0.05) is 0 Å². The Morgan fingerprint density at radius 3 is 1.81 bits per heavy atom. The van der Waals surface area contributed by atoms with E-state index in [-0.39, 0.29) is 12.8 Å². The van der Waals surface area contributed by atoms with Gasteiger partial charge in [0.1, 0.15) is 0 Å². The predicted molar refractivity (Wildman–Crippen MR) is 86.4 cm³/mol. The van der Waals surface area contributed by atoms with Gasteiger partial charge >= 0.3 is 30.3 Å². The normalized spacial score (nSPS) is 39.1. The van der Waals surface area contributed by atoms with E-state index in [0.29, 0.717) is 0 Å². The van der Waals surface area contributed by atoms with Crippen molar-refractivity contribution in [3.8, 4) is 0 Å². The van der Waals surface area contributed by atoms with E-state index in [4.69, 9.17) is 0 Å². The first-order chi connectivity index (χ1) is 14.3. The highest BCUT2D eigenvalue weighted by Crippen LogP contribution is 2.66. The molecular weight excluding hydrogens is 438 g/mol. The summed E-state index contributed by atoms with van der Waals surface area (Å²) in [6.07, 6.45) is -16.1. The standard InChI is InChI=1S/C19H20F6O6/c20-18(21,22)17(19(23,24)25,7-1-3-9-11(5-7)15(28)30-13(9)26)8-2-4-10-12(6-8)16(29)31-14(10)27/h7-13,26H,1-6H2. The van der Waals surface area contributed by atoms with Crippen LogP contribution in [-0.2, 0) is 23.9 Å². The number of fused-ring (bicyclic) bond motifs is 2. The van der Waals surface area contributed by atoms with Crippen LogP contribution in [0.2, 0.25) is 0 Å². The molecule has 4 rings (SSSR count). The van der Waals surface area contributed by atoms with Crippen molar-refractivity contribution >= 4 is 17.9 Å². The van der Waals surface area contributed by atoms with Gasteiger partial charge in [0.25, 0.3) is 0 Å². The Balaban J connectivity index is 1.74. The molecule has 6 nitrogen and oxygen atoms in total. The summed E-state index contributed by atoms with van der Waals surface area (Å²) in [4.78, 5) is 35.6. The molecule has 7 atom stereocenters. The summed E-state index contributed by atoms with van der Waals surface area (Å²) in [7, 11) is 0. The zero-order valence-corrected chi connectivity index (χ0v) is 16.0. The Labute approximate surface area is 172 Å². The molecule has 2 saturated carbocycles. The number of halogens is 6. The van der Waals surface area contributed by atoms with Crippen molar-refractivity contribution in [3.63, 3.8) is 0 Å². The van der Waals surface area contributed by atoms with Gasteiger partial charge in [0.05, 0.1) is 17.8 Å². The molecule has 1 N–H and O–H groups in total. The third-order valence-corrected chi connectivity index (χ3v) is 7.69. The first-order valence-corrected chi connectivity index (χ1v) is 10.1. The van der Waals surface area contributed by atoms with E-state index in [9.17, 15) is 45.8 Å². The number of cyclic esters (lactones) is 3. The van der Waals surface area contributed by atoms with Crippen molar-refractivity contribution in [1.29, 1.82) is 0 Å². The smallest absolute Gasteiger partial charge is 0.403 e. The first kappa shape index (κ1) is 22.3. The van der Waals surface area contributed by atoms with E-state index >= 15 is 0 Å². The average molecular weight is 458 g/mol. The van der Waals surface area contributed by atoms with Crippen molar-refractivity contribution < 1.29 is 55.3 Å². The minimum Gasteiger partial charge on any atom is -0.435 e. The molecule has 0 amide bonds. The zero-order valence-electron chi connectivity index (χ0n) is 16.0. The number of aliphatic hydroxyl groups is 1. The SMILES string of the molecule is O=C1OC(=O)C2CC(C(C3CCC4C(O)OC(=O)C4C3)(C(F)(F)F)C(F)(F)F)CCC12. The molecular formula is C19H20F6O6. The molecule has 4 aliphatic rings. The molecule has 2 heterocycles. The topological polar surface area (TPSA) is 89.9 Å². The highest BCUT2D eigenvalue weighted by molar-refractivity contribution is 5.96. The number of hydrogen-bond acceptors (Lipinski definition) is 6. The average Bonchev–Trinajstić information content (AvgIpc) is 3.09. The van der Waals surface area contributed by atoms with Crippen molar-refractivity contribution in [2.45, 2.75) is 57.2 Å². The summed E-state index contributed by atoms with van der Waals surface area (Å²) in [6, 6.07) is 0. The van der Waals surface area contributed by atoms with Crippen LogP contribution < -0.4 is 0 Å². The molecule has 12 heteroatoms. The summed E-state index contributed by atoms with van der Waals surface area (Å²) < 4.78 is 95.5. The van der Waals surface area contributed by atoms with Crippen LogP contribution in [0.1, 0.15) is 38.5 Å². The molecule has 7 unspecified atom stereocenters. The fourth-order valence-corrected chi connectivity index (χ4v) is 6.31. The largest absolute Gasteiger partial charge is 0.435 e. The van der Waals surface area contributed by atoms with Gasteiger partial charge < -0.3 is 14.6 Å². The number of ether oxygens (including phenoxy) is 2. The Morgan fingerprint density at radius 1 is 0.710 bits per heavy atom. The molecule has 4 fully saturated rings. The Kier molecular flexibility index (Phi) is 5.10. The molecule has 0 aromatic carbocycles. The second kappa shape index (κ2) is 7.08. The predicted octanol–water partition coefficient (Wildman–Crippen LogP) is 3.12. The van der Waals surface area contributed by atoms with E-state index in [1.165, 1.54) is 0 Å². The number of hydrogen-bond donors (Lipinski definition) is 1.